The summed E-state index contributed by atoms with van der Waals surface area (Å²) in [5, 5.41) is 2.95. The Morgan fingerprint density at radius 3 is 2.86 bits per heavy atom. The van der Waals surface area contributed by atoms with Crippen molar-refractivity contribution in [3.8, 4) is 0 Å². The molecule has 0 aliphatic carbocycles. The van der Waals surface area contributed by atoms with Crippen LogP contribution in [0.2, 0.25) is 0 Å². The van der Waals surface area contributed by atoms with Crippen molar-refractivity contribution in [1.82, 2.24) is 19.8 Å². The number of nitrogens with zero attached hydrogens (tertiary/aromatic N) is 3. The molecule has 1 aliphatic heterocycles. The van der Waals surface area contributed by atoms with E-state index < -0.39 is 0 Å². The standard InChI is InChI=1S/C16H28N4O2/c1-12(2)19-7-8-22-14(11-19)9-16(21)18-10-15-17-5-6-20(15)13(3)4/h5-6,12-14H,7-11H2,1-4H3,(H,18,21)/t14-/m0/s1. The van der Waals surface area contributed by atoms with Crippen molar-refractivity contribution in [3.05, 3.63) is 18.2 Å². The maximum Gasteiger partial charge on any atom is 0.223 e. The van der Waals surface area contributed by atoms with Crippen molar-refractivity contribution >= 4 is 5.91 Å². The molecule has 0 aromatic carbocycles. The van der Waals surface area contributed by atoms with Crippen molar-refractivity contribution < 1.29 is 9.53 Å². The van der Waals surface area contributed by atoms with E-state index in [4.69, 9.17) is 4.74 Å². The molecule has 1 saturated heterocycles. The van der Waals surface area contributed by atoms with E-state index in [2.05, 4.69) is 47.5 Å². The van der Waals surface area contributed by atoms with Gasteiger partial charge in [-0.15, -0.1) is 0 Å². The van der Waals surface area contributed by atoms with E-state index in [9.17, 15) is 4.79 Å². The minimum atomic E-state index is -0.0130. The lowest BCUT2D eigenvalue weighted by Crippen LogP contribution is -2.47. The highest BCUT2D eigenvalue weighted by molar-refractivity contribution is 5.76. The first-order chi connectivity index (χ1) is 10.5. The molecule has 2 heterocycles. The second-order valence-corrected chi connectivity index (χ2v) is 6.41. The molecule has 2 rings (SSSR count). The zero-order valence-electron chi connectivity index (χ0n) is 14.1. The number of imidazole rings is 1. The first-order valence-electron chi connectivity index (χ1n) is 8.11. The smallest absolute Gasteiger partial charge is 0.223 e. The summed E-state index contributed by atoms with van der Waals surface area (Å²) in [5.74, 6) is 0.908. The van der Waals surface area contributed by atoms with Crippen LogP contribution in [-0.4, -0.2) is 52.2 Å². The quantitative estimate of drug-likeness (QED) is 0.867. The van der Waals surface area contributed by atoms with Crippen molar-refractivity contribution in [3.63, 3.8) is 0 Å². The number of carbonyl (C=O) groups excluding carboxylic acids is 1. The number of morpholine rings is 1. The monoisotopic (exact) mass is 308 g/mol. The molecule has 0 unspecified atom stereocenters. The molecule has 124 valence electrons. The molecule has 1 aromatic heterocycles. The Balaban J connectivity index is 1.79. The van der Waals surface area contributed by atoms with Crippen LogP contribution in [0.5, 0.6) is 0 Å². The Morgan fingerprint density at radius 2 is 2.18 bits per heavy atom. The molecular weight excluding hydrogens is 280 g/mol. The molecule has 0 radical (unpaired) electrons. The number of carbonyl (C=O) groups is 1. The van der Waals surface area contributed by atoms with Gasteiger partial charge in [0.1, 0.15) is 5.82 Å². The first-order valence-corrected chi connectivity index (χ1v) is 8.11. The van der Waals surface area contributed by atoms with Crippen LogP contribution >= 0.6 is 0 Å². The lowest BCUT2D eigenvalue weighted by molar-refractivity contribution is -0.126. The fraction of sp³-hybridized carbons (Fsp3) is 0.750. The largest absolute Gasteiger partial charge is 0.375 e. The van der Waals surface area contributed by atoms with E-state index in [0.717, 1.165) is 18.9 Å². The Hall–Kier alpha value is -1.40. The predicted molar refractivity (Wildman–Crippen MR) is 85.5 cm³/mol. The molecule has 1 fully saturated rings. The van der Waals surface area contributed by atoms with Gasteiger partial charge in [-0.2, -0.15) is 0 Å². The molecule has 6 nitrogen and oxygen atoms in total. The highest BCUT2D eigenvalue weighted by Gasteiger charge is 2.24. The van der Waals surface area contributed by atoms with Gasteiger partial charge in [0.25, 0.3) is 0 Å². The second-order valence-electron chi connectivity index (χ2n) is 6.41. The second kappa shape index (κ2) is 7.74. The maximum absolute atomic E-state index is 12.1. The van der Waals surface area contributed by atoms with Crippen LogP contribution in [0.1, 0.15) is 46.0 Å². The Morgan fingerprint density at radius 1 is 1.41 bits per heavy atom. The van der Waals surface area contributed by atoms with Gasteiger partial charge in [0, 0.05) is 37.6 Å². The van der Waals surface area contributed by atoms with Crippen LogP contribution in [0.25, 0.3) is 0 Å². The maximum atomic E-state index is 12.1. The van der Waals surface area contributed by atoms with Gasteiger partial charge in [0.15, 0.2) is 0 Å². The molecule has 1 N–H and O–H groups in total. The highest BCUT2D eigenvalue weighted by atomic mass is 16.5. The summed E-state index contributed by atoms with van der Waals surface area (Å²) in [6.45, 7) is 11.5. The average Bonchev–Trinajstić information content (AvgIpc) is 2.94. The molecule has 0 bridgehead atoms. The van der Waals surface area contributed by atoms with Gasteiger partial charge in [-0.25, -0.2) is 4.98 Å². The van der Waals surface area contributed by atoms with Crippen LogP contribution in [0, 0.1) is 0 Å². The van der Waals surface area contributed by atoms with Crippen LogP contribution in [-0.2, 0) is 16.1 Å². The number of hydrogen-bond donors (Lipinski definition) is 1. The lowest BCUT2D eigenvalue weighted by Gasteiger charge is -2.35. The number of hydrogen-bond acceptors (Lipinski definition) is 4. The summed E-state index contributed by atoms with van der Waals surface area (Å²) in [6.07, 6.45) is 4.11. The third-order valence-electron chi connectivity index (χ3n) is 4.06. The molecule has 6 heteroatoms. The highest BCUT2D eigenvalue weighted by Crippen LogP contribution is 2.12. The van der Waals surface area contributed by atoms with Crippen LogP contribution in [0.4, 0.5) is 0 Å². The lowest BCUT2D eigenvalue weighted by atomic mass is 10.1. The summed E-state index contributed by atoms with van der Waals surface area (Å²) in [6, 6.07) is 0.837. The predicted octanol–water partition coefficient (Wildman–Crippen LogP) is 1.58. The molecule has 1 atom stereocenters. The zero-order valence-corrected chi connectivity index (χ0v) is 14.1. The Kier molecular flexibility index (Phi) is 5.97. The van der Waals surface area contributed by atoms with Gasteiger partial charge < -0.3 is 14.6 Å². The van der Waals surface area contributed by atoms with Crippen molar-refractivity contribution in [2.75, 3.05) is 19.7 Å². The van der Waals surface area contributed by atoms with Gasteiger partial charge >= 0.3 is 0 Å². The summed E-state index contributed by atoms with van der Waals surface area (Å²) in [5.41, 5.74) is 0. The van der Waals surface area contributed by atoms with E-state index in [0.29, 0.717) is 31.7 Å². The van der Waals surface area contributed by atoms with Crippen LogP contribution in [0.3, 0.4) is 0 Å². The van der Waals surface area contributed by atoms with E-state index in [1.54, 1.807) is 6.20 Å². The van der Waals surface area contributed by atoms with Crippen LogP contribution in [0.15, 0.2) is 12.4 Å². The summed E-state index contributed by atoms with van der Waals surface area (Å²) in [7, 11) is 0. The topological polar surface area (TPSA) is 59.4 Å². The number of amides is 1. The SMILES string of the molecule is CC(C)N1CCO[C@@H](CC(=O)NCc2nccn2C(C)C)C1. The Labute approximate surface area is 132 Å². The summed E-state index contributed by atoms with van der Waals surface area (Å²) < 4.78 is 7.77. The average molecular weight is 308 g/mol. The Bertz CT molecular complexity index is 484. The van der Waals surface area contributed by atoms with Gasteiger partial charge in [-0.3, -0.25) is 9.69 Å². The van der Waals surface area contributed by atoms with Gasteiger partial charge in [-0.05, 0) is 27.7 Å². The van der Waals surface area contributed by atoms with E-state index in [1.165, 1.54) is 0 Å². The first kappa shape index (κ1) is 17.0. The fourth-order valence-electron chi connectivity index (χ4n) is 2.74. The zero-order chi connectivity index (χ0) is 16.1. The third kappa shape index (κ3) is 4.55. The summed E-state index contributed by atoms with van der Waals surface area (Å²) in [4.78, 5) is 18.8. The van der Waals surface area contributed by atoms with Gasteiger partial charge in [0.2, 0.25) is 5.91 Å². The number of ether oxygens (including phenoxy) is 1. The number of rotatable bonds is 6. The minimum Gasteiger partial charge on any atom is -0.375 e. The van der Waals surface area contributed by atoms with Crippen LogP contribution < -0.4 is 5.32 Å². The molecule has 1 aliphatic rings. The molecule has 1 amide bonds. The number of aromatic nitrogens is 2. The third-order valence-corrected chi connectivity index (χ3v) is 4.06. The molecular formula is C16H28N4O2. The van der Waals surface area contributed by atoms with E-state index >= 15 is 0 Å². The molecule has 0 spiro atoms. The fourth-order valence-corrected chi connectivity index (χ4v) is 2.74. The molecule has 1 aromatic rings. The van der Waals surface area contributed by atoms with E-state index in [1.807, 2.05) is 6.20 Å². The van der Waals surface area contributed by atoms with Crippen molar-refractivity contribution in [2.45, 2.75) is 58.8 Å². The van der Waals surface area contributed by atoms with E-state index in [-0.39, 0.29) is 12.0 Å². The molecule has 22 heavy (non-hydrogen) atoms. The summed E-state index contributed by atoms with van der Waals surface area (Å²) >= 11 is 0. The van der Waals surface area contributed by atoms with Gasteiger partial charge in [-0.1, -0.05) is 0 Å². The van der Waals surface area contributed by atoms with Gasteiger partial charge in [0.05, 0.1) is 25.7 Å². The van der Waals surface area contributed by atoms with Crippen molar-refractivity contribution in [2.24, 2.45) is 0 Å². The normalized spacial score (nSPS) is 19.8. The van der Waals surface area contributed by atoms with Crippen molar-refractivity contribution in [1.29, 1.82) is 0 Å². The molecule has 0 saturated carbocycles. The minimum absolute atomic E-state index is 0.0130. The number of nitrogens with one attached hydrogen (secondary N) is 1.